The number of ether oxygens (including phenoxy) is 1. The second kappa shape index (κ2) is 7.72. The molecule has 0 radical (unpaired) electrons. The van der Waals surface area contributed by atoms with Crippen LogP contribution in [0, 0.1) is 0 Å². The smallest absolute Gasteiger partial charge is 0.416 e. The number of benzene rings is 1. The van der Waals surface area contributed by atoms with Crippen molar-refractivity contribution in [1.82, 2.24) is 14.9 Å². The summed E-state index contributed by atoms with van der Waals surface area (Å²) in [5, 5.41) is 0. The molecule has 1 aromatic carbocycles. The van der Waals surface area contributed by atoms with E-state index in [1.54, 1.807) is 12.3 Å². The molecule has 160 valence electrons. The van der Waals surface area contributed by atoms with Crippen LogP contribution in [0.4, 0.5) is 18.9 Å². The number of hydrogen-bond acceptors (Lipinski definition) is 5. The van der Waals surface area contributed by atoms with Crippen molar-refractivity contribution in [1.29, 1.82) is 0 Å². The van der Waals surface area contributed by atoms with Gasteiger partial charge in [0.25, 0.3) is 0 Å². The number of nitrogens with zero attached hydrogens (tertiary/aromatic N) is 4. The highest BCUT2D eigenvalue weighted by atomic mass is 19.4. The summed E-state index contributed by atoms with van der Waals surface area (Å²) >= 11 is 0. The molecule has 0 N–H and O–H groups in total. The van der Waals surface area contributed by atoms with Crippen molar-refractivity contribution in [3.63, 3.8) is 0 Å². The van der Waals surface area contributed by atoms with E-state index in [2.05, 4.69) is 19.8 Å². The van der Waals surface area contributed by atoms with Gasteiger partial charge in [0, 0.05) is 50.2 Å². The van der Waals surface area contributed by atoms with Gasteiger partial charge in [-0.15, -0.1) is 0 Å². The Bertz CT molecular complexity index is 885. The lowest BCUT2D eigenvalue weighted by Crippen LogP contribution is -2.36. The normalized spacial score (nSPS) is 25.1. The Morgan fingerprint density at radius 1 is 1.03 bits per heavy atom. The predicted octanol–water partition coefficient (Wildman–Crippen LogP) is 4.10. The summed E-state index contributed by atoms with van der Waals surface area (Å²) in [6, 6.07) is 5.90. The van der Waals surface area contributed by atoms with Gasteiger partial charge in [-0.25, -0.2) is 4.98 Å². The van der Waals surface area contributed by atoms with E-state index in [9.17, 15) is 13.2 Å². The maximum atomic E-state index is 13.1. The van der Waals surface area contributed by atoms with Gasteiger partial charge in [0.15, 0.2) is 0 Å². The van der Waals surface area contributed by atoms with E-state index in [4.69, 9.17) is 4.74 Å². The SMILES string of the molecule is FC(F)(F)c1cccc(N2CCCN3C[C@H](Oc4cnc(C5CC5)cn4)C[C@H]3C2)c1. The molecule has 1 aromatic heterocycles. The highest BCUT2D eigenvalue weighted by molar-refractivity contribution is 5.49. The third-order valence-electron chi connectivity index (χ3n) is 6.26. The molecule has 3 fully saturated rings. The third kappa shape index (κ3) is 4.24. The van der Waals surface area contributed by atoms with Crippen LogP contribution in [0.15, 0.2) is 36.7 Å². The fraction of sp³-hybridized carbons (Fsp3) is 0.545. The van der Waals surface area contributed by atoms with Crippen LogP contribution >= 0.6 is 0 Å². The molecule has 8 heteroatoms. The molecule has 2 aromatic rings. The van der Waals surface area contributed by atoms with Crippen LogP contribution in [0.2, 0.25) is 0 Å². The van der Waals surface area contributed by atoms with Crippen LogP contribution in [0.5, 0.6) is 5.88 Å². The molecule has 2 aliphatic heterocycles. The molecule has 1 saturated carbocycles. The van der Waals surface area contributed by atoms with Gasteiger partial charge in [-0.2, -0.15) is 13.2 Å². The molecule has 0 amide bonds. The fourth-order valence-corrected chi connectivity index (χ4v) is 4.56. The largest absolute Gasteiger partial charge is 0.472 e. The van der Waals surface area contributed by atoms with Crippen LogP contribution in [0.3, 0.4) is 0 Å². The summed E-state index contributed by atoms with van der Waals surface area (Å²) in [6.45, 7) is 3.20. The first-order valence-electron chi connectivity index (χ1n) is 10.6. The van der Waals surface area contributed by atoms with Gasteiger partial charge in [0.05, 0.1) is 23.7 Å². The molecule has 1 aliphatic carbocycles. The molecule has 0 unspecified atom stereocenters. The van der Waals surface area contributed by atoms with Gasteiger partial charge in [-0.05, 0) is 37.5 Å². The zero-order valence-electron chi connectivity index (χ0n) is 16.7. The van der Waals surface area contributed by atoms with Gasteiger partial charge in [0.1, 0.15) is 6.10 Å². The maximum absolute atomic E-state index is 13.1. The molecule has 3 heterocycles. The summed E-state index contributed by atoms with van der Waals surface area (Å²) in [5.41, 5.74) is 1.08. The maximum Gasteiger partial charge on any atom is 0.416 e. The van der Waals surface area contributed by atoms with Crippen molar-refractivity contribution in [3.05, 3.63) is 47.9 Å². The zero-order chi connectivity index (χ0) is 20.7. The van der Waals surface area contributed by atoms with Gasteiger partial charge >= 0.3 is 6.18 Å². The van der Waals surface area contributed by atoms with Crippen LogP contribution in [0.25, 0.3) is 0 Å². The van der Waals surface area contributed by atoms with Crippen LogP contribution in [-0.4, -0.2) is 53.2 Å². The Labute approximate surface area is 173 Å². The molecule has 0 bridgehead atoms. The van der Waals surface area contributed by atoms with E-state index < -0.39 is 11.7 Å². The number of anilines is 1. The first kappa shape index (κ1) is 19.6. The molecule has 2 atom stereocenters. The molecule has 30 heavy (non-hydrogen) atoms. The van der Waals surface area contributed by atoms with E-state index >= 15 is 0 Å². The van der Waals surface area contributed by atoms with E-state index in [1.165, 1.54) is 25.0 Å². The van der Waals surface area contributed by atoms with Crippen molar-refractivity contribution in [2.75, 3.05) is 31.1 Å². The van der Waals surface area contributed by atoms with Crippen molar-refractivity contribution in [2.45, 2.75) is 49.9 Å². The number of alkyl halides is 3. The van der Waals surface area contributed by atoms with Crippen molar-refractivity contribution in [3.8, 4) is 5.88 Å². The zero-order valence-corrected chi connectivity index (χ0v) is 16.7. The van der Waals surface area contributed by atoms with E-state index in [-0.39, 0.29) is 12.1 Å². The lowest BCUT2D eigenvalue weighted by atomic mass is 10.1. The number of aromatic nitrogens is 2. The average molecular weight is 418 g/mol. The number of fused-ring (bicyclic) bond motifs is 1. The molecule has 0 spiro atoms. The van der Waals surface area contributed by atoms with Crippen molar-refractivity contribution >= 4 is 5.69 Å². The summed E-state index contributed by atoms with van der Waals surface area (Å²) in [4.78, 5) is 13.4. The number of rotatable bonds is 4. The average Bonchev–Trinajstić information content (AvgIpc) is 3.53. The lowest BCUT2D eigenvalue weighted by molar-refractivity contribution is -0.137. The topological polar surface area (TPSA) is 41.5 Å². The standard InChI is InChI=1S/C22H25F3N4O/c23-22(24,25)16-3-1-4-17(9-16)28-7-2-8-29-14-19(10-18(29)13-28)30-21-12-26-20(11-27-21)15-5-6-15/h1,3-4,9,11-12,15,18-19H,2,5-8,10,13-14H2/t18-,19+/m0/s1. The minimum atomic E-state index is -4.32. The Kier molecular flexibility index (Phi) is 5.05. The molecule has 3 aliphatic rings. The van der Waals surface area contributed by atoms with Crippen molar-refractivity contribution < 1.29 is 17.9 Å². The Morgan fingerprint density at radius 2 is 1.90 bits per heavy atom. The number of hydrogen-bond donors (Lipinski definition) is 0. The predicted molar refractivity (Wildman–Crippen MR) is 107 cm³/mol. The van der Waals surface area contributed by atoms with Gasteiger partial charge in [0.2, 0.25) is 5.88 Å². The summed E-state index contributed by atoms with van der Waals surface area (Å²) in [5.74, 6) is 1.12. The Morgan fingerprint density at radius 3 is 2.63 bits per heavy atom. The minimum absolute atomic E-state index is 0.0255. The quantitative estimate of drug-likeness (QED) is 0.748. The molecular weight excluding hydrogens is 393 g/mol. The summed E-state index contributed by atoms with van der Waals surface area (Å²) in [6.07, 6.45) is 3.36. The van der Waals surface area contributed by atoms with Gasteiger partial charge in [-0.1, -0.05) is 6.07 Å². The van der Waals surface area contributed by atoms with Crippen LogP contribution < -0.4 is 9.64 Å². The fourth-order valence-electron chi connectivity index (χ4n) is 4.56. The van der Waals surface area contributed by atoms with Crippen molar-refractivity contribution in [2.24, 2.45) is 0 Å². The van der Waals surface area contributed by atoms with Gasteiger partial charge < -0.3 is 9.64 Å². The first-order valence-corrected chi connectivity index (χ1v) is 10.6. The highest BCUT2D eigenvalue weighted by Crippen LogP contribution is 2.39. The van der Waals surface area contributed by atoms with E-state index in [0.29, 0.717) is 24.0 Å². The van der Waals surface area contributed by atoms with Crippen LogP contribution in [-0.2, 0) is 6.18 Å². The Balaban J connectivity index is 1.24. The second-order valence-corrected chi connectivity index (χ2v) is 8.53. The second-order valence-electron chi connectivity index (χ2n) is 8.53. The third-order valence-corrected chi connectivity index (χ3v) is 6.26. The van der Waals surface area contributed by atoms with E-state index in [0.717, 1.165) is 44.2 Å². The summed E-state index contributed by atoms with van der Waals surface area (Å²) in [7, 11) is 0. The summed E-state index contributed by atoms with van der Waals surface area (Å²) < 4.78 is 45.4. The lowest BCUT2D eigenvalue weighted by Gasteiger charge is -2.27. The minimum Gasteiger partial charge on any atom is -0.472 e. The highest BCUT2D eigenvalue weighted by Gasteiger charge is 2.37. The Hall–Kier alpha value is -2.35. The van der Waals surface area contributed by atoms with Gasteiger partial charge in [-0.3, -0.25) is 9.88 Å². The molecule has 5 nitrogen and oxygen atoms in total. The molecule has 2 saturated heterocycles. The van der Waals surface area contributed by atoms with Crippen LogP contribution in [0.1, 0.15) is 42.9 Å². The number of halogens is 3. The molecule has 5 rings (SSSR count). The monoisotopic (exact) mass is 418 g/mol. The van der Waals surface area contributed by atoms with E-state index in [1.807, 2.05) is 6.20 Å². The molecular formula is C22H25F3N4O. The first-order chi connectivity index (χ1) is 14.5.